The summed E-state index contributed by atoms with van der Waals surface area (Å²) < 4.78 is 10.7. The highest BCUT2D eigenvalue weighted by atomic mass is 16.5. The molecule has 0 spiro atoms. The number of fused-ring (bicyclic) bond motifs is 1. The van der Waals surface area contributed by atoms with E-state index in [-0.39, 0.29) is 5.91 Å². The molecule has 1 atom stereocenters. The number of hydrogen-bond acceptors (Lipinski definition) is 5. The lowest BCUT2D eigenvalue weighted by Gasteiger charge is -2.35. The number of methoxy groups -OCH3 is 1. The van der Waals surface area contributed by atoms with Gasteiger partial charge in [-0.3, -0.25) is 9.69 Å². The third-order valence-electron chi connectivity index (χ3n) is 4.93. The first kappa shape index (κ1) is 19.6. The lowest BCUT2D eigenvalue weighted by Crippen LogP contribution is -2.49. The summed E-state index contributed by atoms with van der Waals surface area (Å²) in [5.74, 6) is 1.22. The van der Waals surface area contributed by atoms with Crippen LogP contribution in [0.5, 0.6) is 5.75 Å². The van der Waals surface area contributed by atoms with Gasteiger partial charge in [0.1, 0.15) is 11.4 Å². The molecule has 146 valence electrons. The van der Waals surface area contributed by atoms with Crippen molar-refractivity contribution in [2.45, 2.75) is 26.3 Å². The number of carbonyl (C=O) groups is 1. The van der Waals surface area contributed by atoms with Gasteiger partial charge < -0.3 is 14.8 Å². The summed E-state index contributed by atoms with van der Waals surface area (Å²) in [4.78, 5) is 19.6. The van der Waals surface area contributed by atoms with E-state index in [0.29, 0.717) is 24.2 Å². The van der Waals surface area contributed by atoms with E-state index in [2.05, 4.69) is 29.0 Å². The molecular weight excluding hydrogens is 342 g/mol. The Balaban J connectivity index is 1.66. The molecule has 1 saturated heterocycles. The first-order chi connectivity index (χ1) is 13.1. The topological polar surface area (TPSA) is 63.7 Å². The Kier molecular flexibility index (Phi) is 6.63. The molecule has 1 aliphatic rings. The fourth-order valence-corrected chi connectivity index (χ4v) is 3.51. The minimum absolute atomic E-state index is 0.130. The van der Waals surface area contributed by atoms with Crippen LogP contribution in [0, 0.1) is 5.92 Å². The van der Waals surface area contributed by atoms with Crippen LogP contribution >= 0.6 is 0 Å². The molecule has 27 heavy (non-hydrogen) atoms. The standard InChI is InChI=1S/C21H29N3O3/c1-15(2)12-17(24-8-10-27-11-9-24)14-22-21(25)20-6-4-16-13-18(26-3)5-7-19(16)23-20/h4-7,13,15,17H,8-12,14H2,1-3H3,(H,22,25). The number of rotatable bonds is 7. The number of hydrogen-bond donors (Lipinski definition) is 1. The van der Waals surface area contributed by atoms with Crippen molar-refractivity contribution in [3.05, 3.63) is 36.0 Å². The van der Waals surface area contributed by atoms with E-state index in [1.807, 2.05) is 24.3 Å². The van der Waals surface area contributed by atoms with Gasteiger partial charge in [0.05, 0.1) is 25.8 Å². The number of amides is 1. The SMILES string of the molecule is COc1ccc2nc(C(=O)NCC(CC(C)C)N3CCOCC3)ccc2c1. The maximum absolute atomic E-state index is 12.6. The molecule has 0 aliphatic carbocycles. The fourth-order valence-electron chi connectivity index (χ4n) is 3.51. The predicted octanol–water partition coefficient (Wildman–Crippen LogP) is 2.72. The highest BCUT2D eigenvalue weighted by molar-refractivity contribution is 5.95. The van der Waals surface area contributed by atoms with Gasteiger partial charge in [0.25, 0.3) is 5.91 Å². The van der Waals surface area contributed by atoms with Gasteiger partial charge in [0, 0.05) is 31.1 Å². The molecule has 0 saturated carbocycles. The van der Waals surface area contributed by atoms with Gasteiger partial charge in [-0.25, -0.2) is 4.98 Å². The summed E-state index contributed by atoms with van der Waals surface area (Å²) in [7, 11) is 1.64. The van der Waals surface area contributed by atoms with Gasteiger partial charge >= 0.3 is 0 Å². The molecule has 0 bridgehead atoms. The van der Waals surface area contributed by atoms with Crippen LogP contribution in [0.25, 0.3) is 10.9 Å². The average molecular weight is 371 g/mol. The van der Waals surface area contributed by atoms with Crippen LogP contribution < -0.4 is 10.1 Å². The van der Waals surface area contributed by atoms with Crippen LogP contribution in [-0.4, -0.2) is 61.8 Å². The number of morpholine rings is 1. The quantitative estimate of drug-likeness (QED) is 0.811. The molecule has 1 unspecified atom stereocenters. The van der Waals surface area contributed by atoms with E-state index in [9.17, 15) is 4.79 Å². The third-order valence-corrected chi connectivity index (χ3v) is 4.93. The van der Waals surface area contributed by atoms with Crippen molar-refractivity contribution in [2.24, 2.45) is 5.92 Å². The molecule has 2 heterocycles. The zero-order chi connectivity index (χ0) is 19.2. The van der Waals surface area contributed by atoms with Crippen molar-refractivity contribution in [3.8, 4) is 5.75 Å². The normalized spacial score (nSPS) is 16.4. The van der Waals surface area contributed by atoms with Crippen molar-refractivity contribution < 1.29 is 14.3 Å². The molecule has 1 aromatic carbocycles. The Hall–Kier alpha value is -2.18. The highest BCUT2D eigenvalue weighted by Gasteiger charge is 2.22. The Morgan fingerprint density at radius 3 is 2.74 bits per heavy atom. The molecule has 6 heteroatoms. The number of ether oxygens (including phenoxy) is 2. The van der Waals surface area contributed by atoms with Crippen LogP contribution in [0.3, 0.4) is 0 Å². The fraction of sp³-hybridized carbons (Fsp3) is 0.524. The molecule has 2 aromatic rings. The molecule has 1 aliphatic heterocycles. The molecular formula is C21H29N3O3. The van der Waals surface area contributed by atoms with Crippen molar-refractivity contribution in [2.75, 3.05) is 40.0 Å². The third kappa shape index (κ3) is 5.17. The summed E-state index contributed by atoms with van der Waals surface area (Å²) in [6, 6.07) is 9.65. The number of nitrogens with zero attached hydrogens (tertiary/aromatic N) is 2. The Bertz CT molecular complexity index is 772. The van der Waals surface area contributed by atoms with Gasteiger partial charge in [-0.1, -0.05) is 19.9 Å². The van der Waals surface area contributed by atoms with E-state index < -0.39 is 0 Å². The lowest BCUT2D eigenvalue weighted by molar-refractivity contribution is 0.0124. The van der Waals surface area contributed by atoms with Crippen molar-refractivity contribution in [1.82, 2.24) is 15.2 Å². The molecule has 1 fully saturated rings. The zero-order valence-electron chi connectivity index (χ0n) is 16.4. The van der Waals surface area contributed by atoms with Crippen LogP contribution in [0.1, 0.15) is 30.8 Å². The molecule has 6 nitrogen and oxygen atoms in total. The molecule has 0 radical (unpaired) electrons. The van der Waals surface area contributed by atoms with Gasteiger partial charge in [-0.2, -0.15) is 0 Å². The maximum Gasteiger partial charge on any atom is 0.269 e. The maximum atomic E-state index is 12.6. The average Bonchev–Trinajstić information content (AvgIpc) is 2.70. The lowest BCUT2D eigenvalue weighted by atomic mass is 10.0. The highest BCUT2D eigenvalue weighted by Crippen LogP contribution is 2.19. The summed E-state index contributed by atoms with van der Waals surface area (Å²) in [5.41, 5.74) is 1.23. The first-order valence-corrected chi connectivity index (χ1v) is 9.61. The smallest absolute Gasteiger partial charge is 0.269 e. The molecule has 3 rings (SSSR count). The van der Waals surface area contributed by atoms with E-state index in [4.69, 9.17) is 9.47 Å². The second-order valence-corrected chi connectivity index (χ2v) is 7.40. The van der Waals surface area contributed by atoms with E-state index >= 15 is 0 Å². The van der Waals surface area contributed by atoms with E-state index in [1.165, 1.54) is 0 Å². The minimum atomic E-state index is -0.130. The second kappa shape index (κ2) is 9.15. The number of pyridine rings is 1. The monoisotopic (exact) mass is 371 g/mol. The summed E-state index contributed by atoms with van der Waals surface area (Å²) in [5, 5.41) is 4.04. The van der Waals surface area contributed by atoms with E-state index in [0.717, 1.165) is 49.4 Å². The zero-order valence-corrected chi connectivity index (χ0v) is 16.4. The first-order valence-electron chi connectivity index (χ1n) is 9.61. The van der Waals surface area contributed by atoms with Crippen molar-refractivity contribution >= 4 is 16.8 Å². The second-order valence-electron chi connectivity index (χ2n) is 7.40. The molecule has 1 amide bonds. The Morgan fingerprint density at radius 2 is 2.04 bits per heavy atom. The molecule has 1 N–H and O–H groups in total. The number of benzene rings is 1. The summed E-state index contributed by atoms with van der Waals surface area (Å²) >= 11 is 0. The number of aromatic nitrogens is 1. The molecule has 1 aromatic heterocycles. The van der Waals surface area contributed by atoms with E-state index in [1.54, 1.807) is 13.2 Å². The van der Waals surface area contributed by atoms with Crippen molar-refractivity contribution in [1.29, 1.82) is 0 Å². The van der Waals surface area contributed by atoms with Crippen molar-refractivity contribution in [3.63, 3.8) is 0 Å². The minimum Gasteiger partial charge on any atom is -0.497 e. The van der Waals surface area contributed by atoms with Crippen LogP contribution in [0.4, 0.5) is 0 Å². The summed E-state index contributed by atoms with van der Waals surface area (Å²) in [6.07, 6.45) is 1.05. The van der Waals surface area contributed by atoms with Crippen LogP contribution in [0.15, 0.2) is 30.3 Å². The van der Waals surface area contributed by atoms with Gasteiger partial charge in [-0.15, -0.1) is 0 Å². The van der Waals surface area contributed by atoms with Gasteiger partial charge in [-0.05, 0) is 36.6 Å². The van der Waals surface area contributed by atoms with Gasteiger partial charge in [0.2, 0.25) is 0 Å². The Morgan fingerprint density at radius 1 is 1.26 bits per heavy atom. The number of carbonyl (C=O) groups excluding carboxylic acids is 1. The van der Waals surface area contributed by atoms with Crippen LogP contribution in [0.2, 0.25) is 0 Å². The Labute approximate surface area is 160 Å². The number of nitrogens with one attached hydrogen (secondary N) is 1. The van der Waals surface area contributed by atoms with Crippen LogP contribution in [-0.2, 0) is 4.74 Å². The summed E-state index contributed by atoms with van der Waals surface area (Å²) in [6.45, 7) is 8.42. The van der Waals surface area contributed by atoms with Gasteiger partial charge in [0.15, 0.2) is 0 Å². The largest absolute Gasteiger partial charge is 0.497 e. The predicted molar refractivity (Wildman–Crippen MR) is 106 cm³/mol.